The van der Waals surface area contributed by atoms with Crippen LogP contribution in [-0.4, -0.2) is 42.3 Å². The molecule has 0 amide bonds. The summed E-state index contributed by atoms with van der Waals surface area (Å²) in [4.78, 5) is 4.90. The molecule has 0 aromatic carbocycles. The molecular weight excluding hydrogens is 168 g/mol. The van der Waals surface area contributed by atoms with Crippen molar-refractivity contribution in [1.29, 1.82) is 0 Å². The lowest BCUT2D eigenvalue weighted by molar-refractivity contribution is 0.142. The topological polar surface area (TPSA) is 72.2 Å². The Hall–Kier alpha value is -0.770. The first-order valence-electron chi connectivity index (χ1n) is 4.65. The third-order valence-corrected chi connectivity index (χ3v) is 2.74. The maximum absolute atomic E-state index is 9.12. The van der Waals surface area contributed by atoms with Gasteiger partial charge in [-0.1, -0.05) is 12.0 Å². The molecule has 1 aliphatic rings. The van der Waals surface area contributed by atoms with Gasteiger partial charge in [0.1, 0.15) is 0 Å². The van der Waals surface area contributed by atoms with Gasteiger partial charge in [-0.3, -0.25) is 4.90 Å². The van der Waals surface area contributed by atoms with E-state index in [4.69, 9.17) is 10.6 Å². The first kappa shape index (κ1) is 10.3. The Kier molecular flexibility index (Phi) is 4.02. The van der Waals surface area contributed by atoms with E-state index in [1.165, 1.54) is 0 Å². The average Bonchev–Trinajstić information content (AvgIpc) is 2.47. The molecular formula is C8H16N4O. The van der Waals surface area contributed by atoms with Gasteiger partial charge >= 0.3 is 0 Å². The van der Waals surface area contributed by atoms with Crippen LogP contribution in [0.2, 0.25) is 0 Å². The van der Waals surface area contributed by atoms with Crippen molar-refractivity contribution in [2.75, 3.05) is 26.2 Å². The monoisotopic (exact) mass is 184 g/mol. The van der Waals surface area contributed by atoms with E-state index in [0.29, 0.717) is 12.5 Å². The van der Waals surface area contributed by atoms with Gasteiger partial charge < -0.3 is 5.11 Å². The number of hydrogen-bond acceptors (Lipinski definition) is 3. The van der Waals surface area contributed by atoms with Crippen LogP contribution in [0.4, 0.5) is 0 Å². The van der Waals surface area contributed by atoms with E-state index >= 15 is 0 Å². The Morgan fingerprint density at radius 2 is 2.46 bits per heavy atom. The summed E-state index contributed by atoms with van der Waals surface area (Å²) in [7, 11) is 0. The number of aliphatic hydroxyl groups is 1. The minimum Gasteiger partial charge on any atom is -0.395 e. The molecule has 0 bridgehead atoms. The molecule has 1 fully saturated rings. The van der Waals surface area contributed by atoms with Crippen LogP contribution in [0.3, 0.4) is 0 Å². The van der Waals surface area contributed by atoms with Crippen LogP contribution in [0.25, 0.3) is 10.4 Å². The van der Waals surface area contributed by atoms with Gasteiger partial charge in [0.2, 0.25) is 0 Å². The van der Waals surface area contributed by atoms with Gasteiger partial charge in [-0.05, 0) is 24.4 Å². The van der Waals surface area contributed by atoms with Crippen LogP contribution < -0.4 is 0 Å². The summed E-state index contributed by atoms with van der Waals surface area (Å²) in [5.74, 6) is 0.552. The van der Waals surface area contributed by atoms with Gasteiger partial charge in [0.05, 0.1) is 6.61 Å². The molecule has 5 nitrogen and oxygen atoms in total. The van der Waals surface area contributed by atoms with Crippen LogP contribution in [-0.2, 0) is 0 Å². The molecule has 1 saturated heterocycles. The number of rotatable bonds is 4. The highest BCUT2D eigenvalue weighted by atomic mass is 16.3. The minimum atomic E-state index is 0.206. The van der Waals surface area contributed by atoms with E-state index < -0.39 is 0 Å². The van der Waals surface area contributed by atoms with Crippen molar-refractivity contribution in [3.8, 4) is 0 Å². The van der Waals surface area contributed by atoms with Crippen LogP contribution >= 0.6 is 0 Å². The first-order chi connectivity index (χ1) is 6.29. The maximum Gasteiger partial charge on any atom is 0.0589 e. The van der Waals surface area contributed by atoms with Gasteiger partial charge in [0, 0.05) is 24.0 Å². The molecule has 1 rings (SSSR count). The lowest BCUT2D eigenvalue weighted by Gasteiger charge is -2.23. The fourth-order valence-corrected chi connectivity index (χ4v) is 1.88. The van der Waals surface area contributed by atoms with E-state index in [0.717, 1.165) is 19.5 Å². The Bertz CT molecular complexity index is 202. The van der Waals surface area contributed by atoms with Crippen molar-refractivity contribution in [3.05, 3.63) is 10.4 Å². The summed E-state index contributed by atoms with van der Waals surface area (Å²) < 4.78 is 0. The molecule has 74 valence electrons. The van der Waals surface area contributed by atoms with Gasteiger partial charge in [0.15, 0.2) is 0 Å². The van der Waals surface area contributed by atoms with Crippen LogP contribution in [0, 0.1) is 5.92 Å². The normalized spacial score (nSPS) is 28.8. The van der Waals surface area contributed by atoms with Gasteiger partial charge in [-0.2, -0.15) is 0 Å². The zero-order chi connectivity index (χ0) is 9.68. The van der Waals surface area contributed by atoms with E-state index in [9.17, 15) is 0 Å². The average molecular weight is 184 g/mol. The van der Waals surface area contributed by atoms with Crippen molar-refractivity contribution < 1.29 is 5.11 Å². The largest absolute Gasteiger partial charge is 0.395 e. The Balaban J connectivity index is 2.36. The number of azide groups is 1. The fraction of sp³-hybridized carbons (Fsp3) is 1.00. The highest BCUT2D eigenvalue weighted by Crippen LogP contribution is 2.22. The van der Waals surface area contributed by atoms with Crippen LogP contribution in [0.1, 0.15) is 13.3 Å². The fourth-order valence-electron chi connectivity index (χ4n) is 1.88. The second kappa shape index (κ2) is 5.07. The SMILES string of the molecule is CC1CCN(CCN=[N+]=[N-])C1CO. The van der Waals surface area contributed by atoms with Gasteiger partial charge in [0.25, 0.3) is 0 Å². The molecule has 5 heteroatoms. The van der Waals surface area contributed by atoms with Crippen LogP contribution in [0.5, 0.6) is 0 Å². The van der Waals surface area contributed by atoms with Crippen molar-refractivity contribution in [3.63, 3.8) is 0 Å². The van der Waals surface area contributed by atoms with E-state index in [1.54, 1.807) is 0 Å². The third-order valence-electron chi connectivity index (χ3n) is 2.74. The Labute approximate surface area is 78.0 Å². The lowest BCUT2D eigenvalue weighted by Crippen LogP contribution is -2.36. The number of nitrogens with zero attached hydrogens (tertiary/aromatic N) is 4. The molecule has 0 radical (unpaired) electrons. The lowest BCUT2D eigenvalue weighted by atomic mass is 10.0. The van der Waals surface area contributed by atoms with Gasteiger partial charge in [-0.25, -0.2) is 0 Å². The molecule has 0 spiro atoms. The highest BCUT2D eigenvalue weighted by molar-refractivity contribution is 4.84. The zero-order valence-corrected chi connectivity index (χ0v) is 7.93. The zero-order valence-electron chi connectivity index (χ0n) is 7.93. The first-order valence-corrected chi connectivity index (χ1v) is 4.65. The smallest absolute Gasteiger partial charge is 0.0589 e. The highest BCUT2D eigenvalue weighted by Gasteiger charge is 2.29. The Morgan fingerprint density at radius 1 is 1.69 bits per heavy atom. The predicted molar refractivity (Wildman–Crippen MR) is 50.2 cm³/mol. The summed E-state index contributed by atoms with van der Waals surface area (Å²) in [5.41, 5.74) is 8.11. The molecule has 1 N–H and O–H groups in total. The van der Waals surface area contributed by atoms with E-state index in [-0.39, 0.29) is 12.6 Å². The minimum absolute atomic E-state index is 0.206. The molecule has 0 aromatic heterocycles. The summed E-state index contributed by atoms with van der Waals surface area (Å²) in [6, 6.07) is 0.258. The quantitative estimate of drug-likeness (QED) is 0.402. The molecule has 1 aliphatic heterocycles. The van der Waals surface area contributed by atoms with E-state index in [2.05, 4.69) is 21.8 Å². The number of hydrogen-bond donors (Lipinski definition) is 1. The second-order valence-corrected chi connectivity index (χ2v) is 3.51. The molecule has 0 aromatic rings. The second-order valence-electron chi connectivity index (χ2n) is 3.51. The standard InChI is InChI=1S/C8H16N4O/c1-7-2-4-12(8(7)6-13)5-3-10-11-9/h7-8,13H,2-6H2,1H3. The molecule has 0 aliphatic carbocycles. The van der Waals surface area contributed by atoms with Crippen molar-refractivity contribution in [2.24, 2.45) is 11.0 Å². The van der Waals surface area contributed by atoms with Gasteiger partial charge in [-0.15, -0.1) is 0 Å². The summed E-state index contributed by atoms with van der Waals surface area (Å²) >= 11 is 0. The Morgan fingerprint density at radius 3 is 3.08 bits per heavy atom. The predicted octanol–water partition coefficient (Wildman–Crippen LogP) is 0.999. The van der Waals surface area contributed by atoms with Crippen molar-refractivity contribution in [1.82, 2.24) is 4.90 Å². The maximum atomic E-state index is 9.12. The van der Waals surface area contributed by atoms with E-state index in [1.807, 2.05) is 0 Å². The van der Waals surface area contributed by atoms with Crippen LogP contribution in [0.15, 0.2) is 5.11 Å². The van der Waals surface area contributed by atoms with Crippen molar-refractivity contribution in [2.45, 2.75) is 19.4 Å². The number of aliphatic hydroxyl groups excluding tert-OH is 1. The molecule has 2 unspecified atom stereocenters. The summed E-state index contributed by atoms with van der Waals surface area (Å²) in [6.45, 7) is 4.62. The van der Waals surface area contributed by atoms with Crippen molar-refractivity contribution >= 4 is 0 Å². The summed E-state index contributed by atoms with van der Waals surface area (Å²) in [5, 5.41) is 12.6. The molecule has 0 saturated carbocycles. The summed E-state index contributed by atoms with van der Waals surface area (Å²) in [6.07, 6.45) is 1.13. The molecule has 1 heterocycles. The number of likely N-dealkylation sites (tertiary alicyclic amines) is 1. The molecule has 2 atom stereocenters. The third kappa shape index (κ3) is 2.59. The molecule has 13 heavy (non-hydrogen) atoms.